The number of carbonyl (C=O) groups excluding carboxylic acids is 1. The van der Waals surface area contributed by atoms with Gasteiger partial charge in [0, 0.05) is 13.2 Å². The summed E-state index contributed by atoms with van der Waals surface area (Å²) in [5.74, 6) is -0.625. The third-order valence-corrected chi connectivity index (χ3v) is 6.00. The molecule has 1 aromatic rings. The Bertz CT molecular complexity index is 812. The highest BCUT2D eigenvalue weighted by molar-refractivity contribution is 7.92. The van der Waals surface area contributed by atoms with Gasteiger partial charge in [-0.15, -0.1) is 0 Å². The number of sulfonamides is 1. The zero-order valence-electron chi connectivity index (χ0n) is 16.0. The van der Waals surface area contributed by atoms with E-state index in [1.54, 1.807) is 0 Å². The van der Waals surface area contributed by atoms with Crippen molar-refractivity contribution in [3.8, 4) is 0 Å². The van der Waals surface area contributed by atoms with Crippen LogP contribution in [0.15, 0.2) is 18.2 Å². The van der Waals surface area contributed by atoms with Crippen molar-refractivity contribution in [3.63, 3.8) is 0 Å². The number of nitrogens with one attached hydrogen (secondary N) is 1. The van der Waals surface area contributed by atoms with Gasteiger partial charge in [0.15, 0.2) is 0 Å². The first-order chi connectivity index (χ1) is 13.5. The molecule has 164 valence electrons. The predicted molar refractivity (Wildman–Crippen MR) is 104 cm³/mol. The summed E-state index contributed by atoms with van der Waals surface area (Å²) in [7, 11) is -4.00. The Morgan fingerprint density at radius 1 is 1.31 bits per heavy atom. The molecule has 1 N–H and O–H groups in total. The van der Waals surface area contributed by atoms with E-state index in [1.807, 2.05) is 0 Å². The van der Waals surface area contributed by atoms with Crippen LogP contribution in [-0.4, -0.2) is 46.4 Å². The molecule has 1 aromatic carbocycles. The number of hydrogen-bond acceptors (Lipinski definition) is 4. The van der Waals surface area contributed by atoms with Crippen LogP contribution >= 0.6 is 11.6 Å². The molecule has 0 atom stereocenters. The van der Waals surface area contributed by atoms with Crippen molar-refractivity contribution < 1.29 is 31.1 Å². The van der Waals surface area contributed by atoms with Crippen LogP contribution in [0, 0.1) is 0 Å². The largest absolute Gasteiger partial charge is 0.417 e. The van der Waals surface area contributed by atoms with Crippen LogP contribution in [-0.2, 0) is 25.7 Å². The standard InChI is InChI=1S/C18H24ClF3N2O4S/c1-29(26,27)24(13-7-8-16(19)15(11-13)18(20,21)22)12-17(25)23-9-4-10-28-14-5-2-3-6-14/h7-8,11,14H,2-6,9-10,12H2,1H3,(H,23,25). The lowest BCUT2D eigenvalue weighted by Crippen LogP contribution is -2.41. The van der Waals surface area contributed by atoms with Crippen LogP contribution in [0.4, 0.5) is 18.9 Å². The quantitative estimate of drug-likeness (QED) is 0.576. The summed E-state index contributed by atoms with van der Waals surface area (Å²) in [4.78, 5) is 12.1. The molecule has 0 heterocycles. The molecule has 1 aliphatic carbocycles. The van der Waals surface area contributed by atoms with Crippen molar-refractivity contribution in [2.24, 2.45) is 0 Å². The molecule has 29 heavy (non-hydrogen) atoms. The van der Waals surface area contributed by atoms with E-state index in [0.717, 1.165) is 44.1 Å². The first-order valence-corrected chi connectivity index (χ1v) is 11.4. The number of amides is 1. The Balaban J connectivity index is 1.96. The molecule has 0 unspecified atom stereocenters. The summed E-state index contributed by atoms with van der Waals surface area (Å²) in [6.07, 6.45) is 1.27. The van der Waals surface area contributed by atoms with E-state index in [-0.39, 0.29) is 18.3 Å². The average Bonchev–Trinajstić information content (AvgIpc) is 3.11. The van der Waals surface area contributed by atoms with Crippen LogP contribution in [0.3, 0.4) is 0 Å². The monoisotopic (exact) mass is 456 g/mol. The lowest BCUT2D eigenvalue weighted by atomic mass is 10.2. The Kier molecular flexibility index (Phi) is 8.18. The molecular formula is C18H24ClF3N2O4S. The Morgan fingerprint density at radius 3 is 2.55 bits per heavy atom. The smallest absolute Gasteiger partial charge is 0.378 e. The third-order valence-electron chi connectivity index (χ3n) is 4.53. The fourth-order valence-corrected chi connectivity index (χ4v) is 4.15. The molecule has 0 saturated heterocycles. The molecule has 2 rings (SSSR count). The molecule has 0 spiro atoms. The molecule has 1 aliphatic rings. The minimum atomic E-state index is -4.75. The highest BCUT2D eigenvalue weighted by atomic mass is 35.5. The zero-order chi connectivity index (χ0) is 21.7. The van der Waals surface area contributed by atoms with Gasteiger partial charge in [-0.2, -0.15) is 13.2 Å². The van der Waals surface area contributed by atoms with Gasteiger partial charge in [-0.25, -0.2) is 8.42 Å². The van der Waals surface area contributed by atoms with Gasteiger partial charge >= 0.3 is 6.18 Å². The second kappa shape index (κ2) is 9.99. The van der Waals surface area contributed by atoms with Crippen molar-refractivity contribution in [3.05, 3.63) is 28.8 Å². The lowest BCUT2D eigenvalue weighted by Gasteiger charge is -2.23. The van der Waals surface area contributed by atoms with Crippen molar-refractivity contribution in [1.29, 1.82) is 0 Å². The topological polar surface area (TPSA) is 75.7 Å². The van der Waals surface area contributed by atoms with Crippen LogP contribution in [0.5, 0.6) is 0 Å². The second-order valence-electron chi connectivity index (χ2n) is 6.91. The molecule has 1 fully saturated rings. The summed E-state index contributed by atoms with van der Waals surface area (Å²) in [6, 6.07) is 2.70. The minimum Gasteiger partial charge on any atom is -0.378 e. The maximum atomic E-state index is 13.1. The SMILES string of the molecule is CS(=O)(=O)N(CC(=O)NCCCOC1CCCC1)c1ccc(Cl)c(C(F)(F)F)c1. The molecular weight excluding hydrogens is 433 g/mol. The zero-order valence-corrected chi connectivity index (χ0v) is 17.5. The fourth-order valence-electron chi connectivity index (χ4n) is 3.08. The molecule has 1 saturated carbocycles. The number of rotatable bonds is 9. The Morgan fingerprint density at radius 2 is 1.97 bits per heavy atom. The normalized spacial score (nSPS) is 15.5. The van der Waals surface area contributed by atoms with Crippen LogP contribution in [0.2, 0.25) is 5.02 Å². The number of benzene rings is 1. The highest BCUT2D eigenvalue weighted by Crippen LogP contribution is 2.37. The summed E-state index contributed by atoms with van der Waals surface area (Å²) in [5, 5.41) is 2.01. The van der Waals surface area contributed by atoms with Crippen molar-refractivity contribution in [2.45, 2.75) is 44.4 Å². The van der Waals surface area contributed by atoms with Gasteiger partial charge in [0.1, 0.15) is 6.54 Å². The van der Waals surface area contributed by atoms with E-state index in [2.05, 4.69) is 5.32 Å². The second-order valence-corrected chi connectivity index (χ2v) is 9.23. The molecule has 11 heteroatoms. The predicted octanol–water partition coefficient (Wildman–Crippen LogP) is 3.59. The molecule has 1 amide bonds. The van der Waals surface area contributed by atoms with Gasteiger partial charge in [-0.1, -0.05) is 24.4 Å². The maximum absolute atomic E-state index is 13.1. The van der Waals surface area contributed by atoms with Crippen LogP contribution < -0.4 is 9.62 Å². The van der Waals surface area contributed by atoms with E-state index in [9.17, 15) is 26.4 Å². The lowest BCUT2D eigenvalue weighted by molar-refractivity contribution is -0.137. The summed E-state index contributed by atoms with van der Waals surface area (Å²) in [5.41, 5.74) is -1.46. The third kappa shape index (κ3) is 7.35. The van der Waals surface area contributed by atoms with Gasteiger partial charge in [-0.05, 0) is 37.5 Å². The molecule has 6 nitrogen and oxygen atoms in total. The van der Waals surface area contributed by atoms with Crippen LogP contribution in [0.1, 0.15) is 37.7 Å². The van der Waals surface area contributed by atoms with Gasteiger partial charge in [0.25, 0.3) is 0 Å². The van der Waals surface area contributed by atoms with E-state index >= 15 is 0 Å². The van der Waals surface area contributed by atoms with E-state index < -0.39 is 39.2 Å². The van der Waals surface area contributed by atoms with Gasteiger partial charge < -0.3 is 10.1 Å². The molecule has 0 radical (unpaired) electrons. The number of hydrogen-bond donors (Lipinski definition) is 1. The van der Waals surface area contributed by atoms with Crippen molar-refractivity contribution >= 4 is 33.2 Å². The van der Waals surface area contributed by atoms with E-state index in [0.29, 0.717) is 23.4 Å². The maximum Gasteiger partial charge on any atom is 0.417 e. The first-order valence-electron chi connectivity index (χ1n) is 9.21. The molecule has 0 bridgehead atoms. The summed E-state index contributed by atoms with van der Waals surface area (Å²) < 4.78 is 69.6. The van der Waals surface area contributed by atoms with Gasteiger partial charge in [0.05, 0.1) is 28.6 Å². The number of anilines is 1. The molecule has 0 aromatic heterocycles. The summed E-state index contributed by atoms with van der Waals surface area (Å²) >= 11 is 5.57. The number of nitrogens with zero attached hydrogens (tertiary/aromatic N) is 1. The number of ether oxygens (including phenoxy) is 1. The average molecular weight is 457 g/mol. The van der Waals surface area contributed by atoms with Crippen molar-refractivity contribution in [2.75, 3.05) is 30.3 Å². The number of carbonyl (C=O) groups is 1. The van der Waals surface area contributed by atoms with Crippen molar-refractivity contribution in [1.82, 2.24) is 5.32 Å². The minimum absolute atomic E-state index is 0.263. The van der Waals surface area contributed by atoms with Crippen LogP contribution in [0.25, 0.3) is 0 Å². The van der Waals surface area contributed by atoms with Gasteiger partial charge in [0.2, 0.25) is 15.9 Å². The highest BCUT2D eigenvalue weighted by Gasteiger charge is 2.34. The Hall–Kier alpha value is -1.52. The Labute approximate surface area is 173 Å². The number of alkyl halides is 3. The first kappa shape index (κ1) is 23.8. The molecule has 0 aliphatic heterocycles. The van der Waals surface area contributed by atoms with E-state index in [1.165, 1.54) is 0 Å². The van der Waals surface area contributed by atoms with E-state index in [4.69, 9.17) is 16.3 Å². The number of halogens is 4. The fraction of sp³-hybridized carbons (Fsp3) is 0.611. The van der Waals surface area contributed by atoms with Gasteiger partial charge in [-0.3, -0.25) is 9.10 Å². The summed E-state index contributed by atoms with van der Waals surface area (Å²) in [6.45, 7) is 0.117.